The molecular weight excluding hydrogens is 199 g/mol. The van der Waals surface area contributed by atoms with Crippen LogP contribution in [0, 0.1) is 0 Å². The van der Waals surface area contributed by atoms with Crippen LogP contribution in [0.3, 0.4) is 0 Å². The van der Waals surface area contributed by atoms with Crippen molar-refractivity contribution in [3.63, 3.8) is 0 Å². The van der Waals surface area contributed by atoms with Crippen molar-refractivity contribution >= 4 is 19.4 Å². The van der Waals surface area contributed by atoms with E-state index in [9.17, 15) is 0 Å². The van der Waals surface area contributed by atoms with Gasteiger partial charge in [-0.05, 0) is 0 Å². The van der Waals surface area contributed by atoms with Crippen LogP contribution >= 0.6 is 0 Å². The minimum atomic E-state index is 0.633. The van der Waals surface area contributed by atoms with E-state index in [4.69, 9.17) is 0 Å². The summed E-state index contributed by atoms with van der Waals surface area (Å²) in [4.78, 5) is 0. The molecule has 1 rings (SSSR count). The van der Waals surface area contributed by atoms with Crippen molar-refractivity contribution in [1.29, 1.82) is 0 Å². The average molecular weight is 211 g/mol. The zero-order valence-corrected chi connectivity index (χ0v) is 8.37. The second-order valence-corrected chi connectivity index (χ2v) is 4.49. The van der Waals surface area contributed by atoms with Crippen molar-refractivity contribution in [3.8, 4) is 0 Å². The molecule has 11 heavy (non-hydrogen) atoms. The van der Waals surface area contributed by atoms with Gasteiger partial charge in [0.25, 0.3) is 0 Å². The van der Waals surface area contributed by atoms with Crippen molar-refractivity contribution in [3.05, 3.63) is 42.5 Å². The molecule has 0 radical (unpaired) electrons. The van der Waals surface area contributed by atoms with Gasteiger partial charge < -0.3 is 0 Å². The second kappa shape index (κ2) is 5.17. The molecule has 0 spiro atoms. The van der Waals surface area contributed by atoms with Crippen molar-refractivity contribution in [2.45, 2.75) is 12.2 Å². The molecule has 0 atom stereocenters. The molecule has 0 bridgehead atoms. The molecule has 0 saturated heterocycles. The normalized spacial score (nSPS) is 10.6. The van der Waals surface area contributed by atoms with Crippen molar-refractivity contribution in [1.82, 2.24) is 0 Å². The molecule has 0 aliphatic heterocycles. The minimum absolute atomic E-state index is 0.633. The van der Waals surface area contributed by atoms with Gasteiger partial charge in [-0.3, -0.25) is 0 Å². The van der Waals surface area contributed by atoms with Crippen molar-refractivity contribution < 1.29 is 0 Å². The molecule has 0 aliphatic rings. The predicted molar refractivity (Wildman–Crippen MR) is 51.5 cm³/mol. The van der Waals surface area contributed by atoms with Crippen LogP contribution in [0.5, 0.6) is 0 Å². The van der Waals surface area contributed by atoms with E-state index in [2.05, 4.69) is 49.4 Å². The third-order valence-electron chi connectivity index (χ3n) is 1.33. The van der Waals surface area contributed by atoms with Crippen molar-refractivity contribution in [2.24, 2.45) is 0 Å². The van der Waals surface area contributed by atoms with E-state index in [-0.39, 0.29) is 0 Å². The summed E-state index contributed by atoms with van der Waals surface area (Å²) in [5.41, 5.74) is 0. The van der Waals surface area contributed by atoms with E-state index in [1.165, 1.54) is 9.78 Å². The van der Waals surface area contributed by atoms with Gasteiger partial charge in [-0.2, -0.15) is 0 Å². The molecule has 58 valence electrons. The van der Waals surface area contributed by atoms with Crippen LogP contribution in [0.4, 0.5) is 0 Å². The Morgan fingerprint density at radius 2 is 2.00 bits per heavy atom. The van der Waals surface area contributed by atoms with Gasteiger partial charge in [0.2, 0.25) is 0 Å². The number of rotatable bonds is 3. The van der Waals surface area contributed by atoms with E-state index >= 15 is 0 Å². The Morgan fingerprint density at radius 1 is 1.27 bits per heavy atom. The standard InChI is InChI=1S/C10H12Se/c1-2-3-9-11-10-7-5-4-6-8-10/h2-8H,9H2,1H3/b3-2+. The van der Waals surface area contributed by atoms with Crippen molar-refractivity contribution in [2.75, 3.05) is 0 Å². The summed E-state index contributed by atoms with van der Waals surface area (Å²) in [6.45, 7) is 2.07. The first kappa shape index (κ1) is 8.57. The van der Waals surface area contributed by atoms with Crippen LogP contribution in [-0.4, -0.2) is 15.0 Å². The Kier molecular flexibility index (Phi) is 4.03. The average Bonchev–Trinajstić information content (AvgIpc) is 2.07. The Bertz CT molecular complexity index is 214. The van der Waals surface area contributed by atoms with E-state index in [0.29, 0.717) is 15.0 Å². The van der Waals surface area contributed by atoms with Gasteiger partial charge in [0.15, 0.2) is 0 Å². The zero-order chi connectivity index (χ0) is 7.94. The summed E-state index contributed by atoms with van der Waals surface area (Å²) >= 11 is 0.633. The quantitative estimate of drug-likeness (QED) is 0.530. The molecule has 0 nitrogen and oxygen atoms in total. The molecule has 0 saturated carbocycles. The SMILES string of the molecule is C/C=C/C[Se]c1ccccc1. The maximum absolute atomic E-state index is 2.23. The Balaban J connectivity index is 2.39. The van der Waals surface area contributed by atoms with Gasteiger partial charge in [-0.15, -0.1) is 0 Å². The molecule has 0 N–H and O–H groups in total. The van der Waals surface area contributed by atoms with Gasteiger partial charge in [0, 0.05) is 0 Å². The molecule has 1 aromatic carbocycles. The summed E-state index contributed by atoms with van der Waals surface area (Å²) in [5, 5.41) is 1.22. The van der Waals surface area contributed by atoms with E-state index in [1.54, 1.807) is 0 Å². The van der Waals surface area contributed by atoms with Crippen LogP contribution in [-0.2, 0) is 0 Å². The summed E-state index contributed by atoms with van der Waals surface area (Å²) in [6.07, 6.45) is 4.34. The van der Waals surface area contributed by atoms with Crippen LogP contribution in [0.1, 0.15) is 6.92 Å². The third-order valence-corrected chi connectivity index (χ3v) is 3.35. The summed E-state index contributed by atoms with van der Waals surface area (Å²) in [7, 11) is 0. The Morgan fingerprint density at radius 3 is 2.64 bits per heavy atom. The number of hydrogen-bond donors (Lipinski definition) is 0. The zero-order valence-electron chi connectivity index (χ0n) is 6.66. The molecule has 0 amide bonds. The molecule has 0 unspecified atom stereocenters. The molecule has 0 heterocycles. The summed E-state index contributed by atoms with van der Waals surface area (Å²) < 4.78 is 1.48. The fraction of sp³-hybridized carbons (Fsp3) is 0.200. The van der Waals surface area contributed by atoms with E-state index in [0.717, 1.165) is 0 Å². The summed E-state index contributed by atoms with van der Waals surface area (Å²) in [6, 6.07) is 10.7. The second-order valence-electron chi connectivity index (χ2n) is 2.19. The fourth-order valence-electron chi connectivity index (χ4n) is 0.757. The number of allylic oxidation sites excluding steroid dienone is 2. The van der Waals surface area contributed by atoms with Gasteiger partial charge in [-0.1, -0.05) is 0 Å². The van der Waals surface area contributed by atoms with E-state index < -0.39 is 0 Å². The number of hydrogen-bond acceptors (Lipinski definition) is 0. The predicted octanol–water partition coefficient (Wildman–Crippen LogP) is 2.01. The fourth-order valence-corrected chi connectivity index (χ4v) is 2.50. The molecule has 0 aromatic heterocycles. The molecular formula is C10H12Se. The first-order valence-corrected chi connectivity index (χ1v) is 5.79. The third kappa shape index (κ3) is 3.41. The van der Waals surface area contributed by atoms with Crippen LogP contribution in [0.25, 0.3) is 0 Å². The van der Waals surface area contributed by atoms with Gasteiger partial charge in [0.1, 0.15) is 0 Å². The molecule has 0 fully saturated rings. The monoisotopic (exact) mass is 212 g/mol. The van der Waals surface area contributed by atoms with Gasteiger partial charge >= 0.3 is 74.1 Å². The van der Waals surface area contributed by atoms with Crippen LogP contribution < -0.4 is 4.46 Å². The molecule has 1 aromatic rings. The molecule has 0 aliphatic carbocycles. The Labute approximate surface area is 74.5 Å². The topological polar surface area (TPSA) is 0 Å². The van der Waals surface area contributed by atoms with Gasteiger partial charge in [-0.25, -0.2) is 0 Å². The summed E-state index contributed by atoms with van der Waals surface area (Å²) in [5.74, 6) is 0. The number of benzene rings is 1. The first-order chi connectivity index (χ1) is 5.43. The molecule has 1 heteroatoms. The van der Waals surface area contributed by atoms with Gasteiger partial charge in [0.05, 0.1) is 0 Å². The first-order valence-electron chi connectivity index (χ1n) is 3.72. The maximum atomic E-state index is 2.23. The Hall–Kier alpha value is -0.521. The van der Waals surface area contributed by atoms with Crippen LogP contribution in [0.15, 0.2) is 42.5 Å². The van der Waals surface area contributed by atoms with E-state index in [1.807, 2.05) is 0 Å². The van der Waals surface area contributed by atoms with Crippen LogP contribution in [0.2, 0.25) is 5.32 Å².